The van der Waals surface area contributed by atoms with E-state index < -0.39 is 0 Å². The third-order valence-electron chi connectivity index (χ3n) is 2.11. The second kappa shape index (κ2) is 7.56. The lowest BCUT2D eigenvalue weighted by atomic mass is 10.2. The Hall–Kier alpha value is -1.74. The van der Waals surface area contributed by atoms with Gasteiger partial charge in [-0.3, -0.25) is 0 Å². The summed E-state index contributed by atoms with van der Waals surface area (Å²) in [5.74, 6) is 0.349. The molecule has 3 nitrogen and oxygen atoms in total. The van der Waals surface area contributed by atoms with Crippen LogP contribution in [0.1, 0.15) is 12.5 Å². The molecule has 0 aliphatic carbocycles. The number of hydrogen-bond acceptors (Lipinski definition) is 3. The van der Waals surface area contributed by atoms with E-state index in [0.29, 0.717) is 17.4 Å². The van der Waals surface area contributed by atoms with E-state index in [2.05, 4.69) is 0 Å². The van der Waals surface area contributed by atoms with Gasteiger partial charge in [0.25, 0.3) is 0 Å². The summed E-state index contributed by atoms with van der Waals surface area (Å²) < 4.78 is 9.80. The first-order valence-corrected chi connectivity index (χ1v) is 5.90. The highest BCUT2D eigenvalue weighted by Crippen LogP contribution is 2.23. The molecule has 0 atom stereocenters. The van der Waals surface area contributed by atoms with E-state index in [1.54, 1.807) is 38.3 Å². The first kappa shape index (κ1) is 14.3. The van der Waals surface area contributed by atoms with Gasteiger partial charge >= 0.3 is 5.97 Å². The Bertz CT molecular complexity index is 464. The van der Waals surface area contributed by atoms with Gasteiger partial charge in [-0.15, -0.1) is 0 Å². The number of benzene rings is 1. The van der Waals surface area contributed by atoms with E-state index in [1.807, 2.05) is 12.1 Å². The lowest BCUT2D eigenvalue weighted by Gasteiger charge is -2.02. The highest BCUT2D eigenvalue weighted by molar-refractivity contribution is 6.32. The highest BCUT2D eigenvalue weighted by Gasteiger charge is 1.98. The van der Waals surface area contributed by atoms with Crippen molar-refractivity contribution in [2.75, 3.05) is 13.7 Å². The van der Waals surface area contributed by atoms with Crippen LogP contribution in [-0.4, -0.2) is 19.7 Å². The molecule has 0 fully saturated rings. The van der Waals surface area contributed by atoms with Crippen molar-refractivity contribution < 1.29 is 14.3 Å². The van der Waals surface area contributed by atoms with Gasteiger partial charge in [0, 0.05) is 6.08 Å². The second-order valence-electron chi connectivity index (χ2n) is 3.36. The lowest BCUT2D eigenvalue weighted by molar-refractivity contribution is -0.137. The number of carbonyl (C=O) groups excluding carboxylic acids is 1. The van der Waals surface area contributed by atoms with Crippen LogP contribution in [0.2, 0.25) is 5.02 Å². The van der Waals surface area contributed by atoms with Gasteiger partial charge in [-0.1, -0.05) is 29.8 Å². The van der Waals surface area contributed by atoms with Crippen LogP contribution in [0, 0.1) is 0 Å². The molecule has 0 spiro atoms. The Balaban J connectivity index is 2.64. The fourth-order valence-electron chi connectivity index (χ4n) is 1.25. The van der Waals surface area contributed by atoms with E-state index in [4.69, 9.17) is 21.1 Å². The van der Waals surface area contributed by atoms with Gasteiger partial charge < -0.3 is 9.47 Å². The van der Waals surface area contributed by atoms with Gasteiger partial charge in [0.05, 0.1) is 18.7 Å². The molecule has 18 heavy (non-hydrogen) atoms. The highest BCUT2D eigenvalue weighted by atomic mass is 35.5. The van der Waals surface area contributed by atoms with Gasteiger partial charge in [-0.2, -0.15) is 0 Å². The number of esters is 1. The first-order chi connectivity index (χ1) is 8.67. The summed E-state index contributed by atoms with van der Waals surface area (Å²) in [5, 5.41) is 0.593. The minimum Gasteiger partial charge on any atom is -0.497 e. The van der Waals surface area contributed by atoms with Crippen LogP contribution in [0.25, 0.3) is 6.08 Å². The third kappa shape index (κ3) is 4.63. The molecule has 0 aromatic heterocycles. The molecule has 0 heterocycles. The minimum absolute atomic E-state index is 0.358. The molecule has 0 amide bonds. The summed E-state index contributed by atoms with van der Waals surface area (Å²) in [6, 6.07) is 5.40. The van der Waals surface area contributed by atoms with Gasteiger partial charge in [0.15, 0.2) is 0 Å². The fraction of sp³-hybridized carbons (Fsp3) is 0.214. The monoisotopic (exact) mass is 266 g/mol. The van der Waals surface area contributed by atoms with E-state index in [-0.39, 0.29) is 5.97 Å². The summed E-state index contributed by atoms with van der Waals surface area (Å²) >= 11 is 6.05. The number of ether oxygens (including phenoxy) is 2. The molecule has 0 radical (unpaired) electrons. The van der Waals surface area contributed by atoms with Crippen molar-refractivity contribution in [1.29, 1.82) is 0 Å². The van der Waals surface area contributed by atoms with Crippen LogP contribution >= 0.6 is 11.6 Å². The van der Waals surface area contributed by atoms with Crippen molar-refractivity contribution >= 4 is 23.6 Å². The molecular weight excluding hydrogens is 252 g/mol. The topological polar surface area (TPSA) is 35.5 Å². The van der Waals surface area contributed by atoms with Crippen molar-refractivity contribution in [3.05, 3.63) is 47.0 Å². The van der Waals surface area contributed by atoms with Gasteiger partial charge in [0.2, 0.25) is 0 Å². The van der Waals surface area contributed by atoms with Gasteiger partial charge in [-0.25, -0.2) is 4.79 Å². The maximum Gasteiger partial charge on any atom is 0.330 e. The zero-order valence-electron chi connectivity index (χ0n) is 10.4. The average Bonchev–Trinajstić information content (AvgIpc) is 2.36. The maximum atomic E-state index is 11.0. The second-order valence-corrected chi connectivity index (χ2v) is 3.76. The molecule has 4 heteroatoms. The van der Waals surface area contributed by atoms with Crippen molar-refractivity contribution in [2.45, 2.75) is 6.92 Å². The molecule has 1 aromatic rings. The summed E-state index contributed by atoms with van der Waals surface area (Å²) in [6.45, 7) is 2.13. The molecule has 1 rings (SSSR count). The first-order valence-electron chi connectivity index (χ1n) is 5.52. The molecule has 0 unspecified atom stereocenters. The number of carbonyl (C=O) groups is 1. The third-order valence-corrected chi connectivity index (χ3v) is 2.44. The van der Waals surface area contributed by atoms with Crippen LogP contribution in [-0.2, 0) is 9.53 Å². The predicted molar refractivity (Wildman–Crippen MR) is 72.8 cm³/mol. The van der Waals surface area contributed by atoms with E-state index >= 15 is 0 Å². The number of rotatable bonds is 5. The lowest BCUT2D eigenvalue weighted by Crippen LogP contribution is -1.98. The van der Waals surface area contributed by atoms with Crippen LogP contribution in [0.3, 0.4) is 0 Å². The van der Waals surface area contributed by atoms with E-state index in [9.17, 15) is 4.79 Å². The molecule has 0 saturated carbocycles. The van der Waals surface area contributed by atoms with E-state index in [1.165, 1.54) is 6.08 Å². The molecule has 0 aliphatic heterocycles. The zero-order chi connectivity index (χ0) is 13.4. The van der Waals surface area contributed by atoms with Crippen LogP contribution < -0.4 is 4.74 Å². The maximum absolute atomic E-state index is 11.0. The minimum atomic E-state index is -0.358. The molecule has 96 valence electrons. The molecular formula is C14H15ClO3. The van der Waals surface area contributed by atoms with Crippen molar-refractivity contribution in [2.24, 2.45) is 0 Å². The zero-order valence-corrected chi connectivity index (χ0v) is 11.1. The quantitative estimate of drug-likeness (QED) is 0.465. The Morgan fingerprint density at radius 3 is 2.78 bits per heavy atom. The average molecular weight is 267 g/mol. The molecule has 1 aromatic carbocycles. The summed E-state index contributed by atoms with van der Waals surface area (Å²) in [6.07, 6.45) is 6.50. The smallest absolute Gasteiger partial charge is 0.330 e. The summed E-state index contributed by atoms with van der Waals surface area (Å²) in [7, 11) is 1.59. The molecule has 0 N–H and O–H groups in total. The number of hydrogen-bond donors (Lipinski definition) is 0. The summed E-state index contributed by atoms with van der Waals surface area (Å²) in [5.41, 5.74) is 0.853. The van der Waals surface area contributed by atoms with Crippen molar-refractivity contribution in [3.8, 4) is 5.75 Å². The van der Waals surface area contributed by atoms with Crippen LogP contribution in [0.5, 0.6) is 5.75 Å². The van der Waals surface area contributed by atoms with Gasteiger partial charge in [0.1, 0.15) is 5.75 Å². The Morgan fingerprint density at radius 1 is 1.39 bits per heavy atom. The predicted octanol–water partition coefficient (Wildman–Crippen LogP) is 3.48. The van der Waals surface area contributed by atoms with Crippen LogP contribution in [0.4, 0.5) is 0 Å². The largest absolute Gasteiger partial charge is 0.497 e. The molecule has 0 aliphatic rings. The Labute approximate surface area is 112 Å². The molecule has 0 bridgehead atoms. The SMILES string of the molecule is CCOC(=O)/C=C/C=C/c1ccc(OC)cc1Cl. The standard InChI is InChI=1S/C14H15ClO3/c1-3-18-14(16)7-5-4-6-11-8-9-12(17-2)10-13(11)15/h4-10H,3H2,1-2H3/b6-4+,7-5+. The Morgan fingerprint density at radius 2 is 2.17 bits per heavy atom. The number of methoxy groups -OCH3 is 1. The Kier molecular flexibility index (Phi) is 6.01. The number of allylic oxidation sites excluding steroid dienone is 2. The van der Waals surface area contributed by atoms with Gasteiger partial charge in [-0.05, 0) is 30.7 Å². The molecule has 0 saturated heterocycles. The summed E-state index contributed by atoms with van der Waals surface area (Å²) in [4.78, 5) is 11.0. The van der Waals surface area contributed by atoms with Crippen LogP contribution in [0.15, 0.2) is 36.4 Å². The van der Waals surface area contributed by atoms with Crippen molar-refractivity contribution in [3.63, 3.8) is 0 Å². The van der Waals surface area contributed by atoms with E-state index in [0.717, 1.165) is 5.56 Å². The van der Waals surface area contributed by atoms with Crippen molar-refractivity contribution in [1.82, 2.24) is 0 Å². The number of halogens is 1. The fourth-order valence-corrected chi connectivity index (χ4v) is 1.49. The normalized spacial score (nSPS) is 11.1.